The van der Waals surface area contributed by atoms with E-state index in [1.807, 2.05) is 27.7 Å². The zero-order valence-electron chi connectivity index (χ0n) is 11.7. The molecule has 1 heterocycles. The van der Waals surface area contributed by atoms with E-state index in [0.29, 0.717) is 32.7 Å². The molecule has 0 radical (unpaired) electrons. The molecule has 0 atom stereocenters. The number of carbonyl (C=O) groups is 1. The molecule has 1 aliphatic heterocycles. The zero-order valence-corrected chi connectivity index (χ0v) is 11.7. The van der Waals surface area contributed by atoms with Crippen molar-refractivity contribution in [2.24, 2.45) is 5.41 Å². The van der Waals surface area contributed by atoms with E-state index in [1.54, 1.807) is 4.90 Å². The second-order valence-electron chi connectivity index (χ2n) is 5.81. The van der Waals surface area contributed by atoms with Gasteiger partial charge in [0.05, 0.1) is 12.7 Å². The lowest BCUT2D eigenvalue weighted by atomic mass is 9.78. The van der Waals surface area contributed by atoms with Crippen molar-refractivity contribution >= 4 is 6.09 Å². The minimum atomic E-state index is -0.482. The van der Waals surface area contributed by atoms with Crippen molar-refractivity contribution in [3.8, 4) is 6.07 Å². The molecule has 0 unspecified atom stereocenters. The van der Waals surface area contributed by atoms with E-state index in [4.69, 9.17) is 14.7 Å². The van der Waals surface area contributed by atoms with Crippen molar-refractivity contribution in [3.63, 3.8) is 0 Å². The van der Waals surface area contributed by atoms with Crippen molar-refractivity contribution in [1.82, 2.24) is 4.90 Å². The largest absolute Gasteiger partial charge is 0.444 e. The summed E-state index contributed by atoms with van der Waals surface area (Å²) in [4.78, 5) is 13.4. The van der Waals surface area contributed by atoms with Gasteiger partial charge in [0.1, 0.15) is 5.60 Å². The predicted molar refractivity (Wildman–Crippen MR) is 67.0 cm³/mol. The van der Waals surface area contributed by atoms with Crippen LogP contribution in [-0.2, 0) is 9.47 Å². The second-order valence-corrected chi connectivity index (χ2v) is 5.81. The summed E-state index contributed by atoms with van der Waals surface area (Å²) in [7, 11) is 0. The van der Waals surface area contributed by atoms with Crippen LogP contribution in [0.1, 0.15) is 34.1 Å². The summed E-state index contributed by atoms with van der Waals surface area (Å²) in [6.45, 7) is 9.67. The SMILES string of the molecule is CCOCC1(CC#N)CN(C(=O)OC(C)(C)C)C1. The van der Waals surface area contributed by atoms with Crippen LogP contribution >= 0.6 is 0 Å². The summed E-state index contributed by atoms with van der Waals surface area (Å²) >= 11 is 0. The molecule has 0 aromatic carbocycles. The van der Waals surface area contributed by atoms with Gasteiger partial charge in [-0.15, -0.1) is 0 Å². The van der Waals surface area contributed by atoms with Crippen LogP contribution in [0.15, 0.2) is 0 Å². The van der Waals surface area contributed by atoms with Gasteiger partial charge in [-0.2, -0.15) is 5.26 Å². The Morgan fingerprint density at radius 2 is 2.06 bits per heavy atom. The Labute approximate surface area is 109 Å². The third-order valence-corrected chi connectivity index (χ3v) is 2.77. The number of carbonyl (C=O) groups excluding carboxylic acids is 1. The maximum absolute atomic E-state index is 11.8. The zero-order chi connectivity index (χ0) is 13.8. The average Bonchev–Trinajstić information content (AvgIpc) is 2.18. The Morgan fingerprint density at radius 3 is 2.50 bits per heavy atom. The predicted octanol–water partition coefficient (Wildman–Crippen LogP) is 2.17. The lowest BCUT2D eigenvalue weighted by Crippen LogP contribution is -2.61. The van der Waals surface area contributed by atoms with E-state index in [1.165, 1.54) is 0 Å². The van der Waals surface area contributed by atoms with Crippen LogP contribution in [0, 0.1) is 16.7 Å². The van der Waals surface area contributed by atoms with Crippen molar-refractivity contribution in [3.05, 3.63) is 0 Å². The molecule has 0 spiro atoms. The fourth-order valence-corrected chi connectivity index (χ4v) is 1.96. The highest BCUT2D eigenvalue weighted by Crippen LogP contribution is 2.35. The van der Waals surface area contributed by atoms with Gasteiger partial charge >= 0.3 is 6.09 Å². The lowest BCUT2D eigenvalue weighted by molar-refractivity contribution is -0.0682. The highest BCUT2D eigenvalue weighted by Gasteiger charge is 2.46. The normalized spacial score (nSPS) is 17.8. The van der Waals surface area contributed by atoms with E-state index >= 15 is 0 Å². The fourth-order valence-electron chi connectivity index (χ4n) is 1.96. The topological polar surface area (TPSA) is 62.6 Å². The Kier molecular flexibility index (Phi) is 4.58. The number of ether oxygens (including phenoxy) is 2. The van der Waals surface area contributed by atoms with Crippen LogP contribution in [0.25, 0.3) is 0 Å². The molecule has 1 fully saturated rings. The Bertz CT molecular complexity index is 335. The third kappa shape index (κ3) is 3.88. The summed E-state index contributed by atoms with van der Waals surface area (Å²) in [6, 6.07) is 2.17. The molecule has 18 heavy (non-hydrogen) atoms. The molecular weight excluding hydrogens is 232 g/mol. The van der Waals surface area contributed by atoms with Gasteiger partial charge in [-0.3, -0.25) is 0 Å². The van der Waals surface area contributed by atoms with E-state index in [2.05, 4.69) is 6.07 Å². The van der Waals surface area contributed by atoms with Crippen LogP contribution in [0.3, 0.4) is 0 Å². The number of nitriles is 1. The van der Waals surface area contributed by atoms with E-state index in [-0.39, 0.29) is 11.5 Å². The Hall–Kier alpha value is -1.28. The van der Waals surface area contributed by atoms with Crippen molar-refractivity contribution in [2.45, 2.75) is 39.7 Å². The Morgan fingerprint density at radius 1 is 1.44 bits per heavy atom. The fraction of sp³-hybridized carbons (Fsp3) is 0.846. The standard InChI is InChI=1S/C13H22N2O3/c1-5-17-10-13(6-7-14)8-15(9-13)11(16)18-12(2,3)4/h5-6,8-10H2,1-4H3. The summed E-state index contributed by atoms with van der Waals surface area (Å²) < 4.78 is 10.7. The molecule has 0 bridgehead atoms. The number of hydrogen-bond acceptors (Lipinski definition) is 4. The molecule has 1 aliphatic rings. The van der Waals surface area contributed by atoms with Crippen molar-refractivity contribution in [1.29, 1.82) is 5.26 Å². The number of hydrogen-bond donors (Lipinski definition) is 0. The van der Waals surface area contributed by atoms with Crippen LogP contribution in [0.5, 0.6) is 0 Å². The van der Waals surface area contributed by atoms with Gasteiger partial charge in [0, 0.05) is 31.5 Å². The highest BCUT2D eigenvalue weighted by atomic mass is 16.6. The molecule has 0 N–H and O–H groups in total. The molecule has 5 heteroatoms. The van der Waals surface area contributed by atoms with Gasteiger partial charge in [-0.1, -0.05) is 0 Å². The average molecular weight is 254 g/mol. The van der Waals surface area contributed by atoms with E-state index < -0.39 is 5.60 Å². The van der Waals surface area contributed by atoms with Gasteiger partial charge in [-0.05, 0) is 27.7 Å². The first-order valence-corrected chi connectivity index (χ1v) is 6.24. The molecule has 0 saturated carbocycles. The third-order valence-electron chi connectivity index (χ3n) is 2.77. The van der Waals surface area contributed by atoms with Crippen molar-refractivity contribution < 1.29 is 14.3 Å². The molecule has 0 aliphatic carbocycles. The maximum Gasteiger partial charge on any atom is 0.410 e. The van der Waals surface area contributed by atoms with Gasteiger partial charge in [0.25, 0.3) is 0 Å². The molecule has 0 aromatic heterocycles. The summed E-state index contributed by atoms with van der Waals surface area (Å²) in [5, 5.41) is 8.84. The number of rotatable bonds is 4. The molecular formula is C13H22N2O3. The smallest absolute Gasteiger partial charge is 0.410 e. The van der Waals surface area contributed by atoms with Gasteiger partial charge in [0.2, 0.25) is 0 Å². The van der Waals surface area contributed by atoms with Crippen LogP contribution in [-0.4, -0.2) is 42.9 Å². The molecule has 1 saturated heterocycles. The summed E-state index contributed by atoms with van der Waals surface area (Å²) in [5.41, 5.74) is -0.688. The minimum absolute atomic E-state index is 0.207. The van der Waals surface area contributed by atoms with Gasteiger partial charge in [0.15, 0.2) is 0 Å². The first-order valence-electron chi connectivity index (χ1n) is 6.24. The molecule has 1 amide bonds. The monoisotopic (exact) mass is 254 g/mol. The van der Waals surface area contributed by atoms with Crippen molar-refractivity contribution in [2.75, 3.05) is 26.3 Å². The highest BCUT2D eigenvalue weighted by molar-refractivity contribution is 5.69. The van der Waals surface area contributed by atoms with Gasteiger partial charge < -0.3 is 14.4 Å². The Balaban J connectivity index is 2.48. The van der Waals surface area contributed by atoms with Crippen LogP contribution < -0.4 is 0 Å². The molecule has 1 rings (SSSR count). The maximum atomic E-state index is 11.8. The van der Waals surface area contributed by atoms with Crippen LogP contribution in [0.4, 0.5) is 4.79 Å². The molecule has 5 nitrogen and oxygen atoms in total. The summed E-state index contributed by atoms with van der Waals surface area (Å²) in [5.74, 6) is 0. The number of amides is 1. The number of likely N-dealkylation sites (tertiary alicyclic amines) is 1. The molecule has 102 valence electrons. The minimum Gasteiger partial charge on any atom is -0.444 e. The van der Waals surface area contributed by atoms with E-state index in [9.17, 15) is 4.79 Å². The quantitative estimate of drug-likeness (QED) is 0.771. The lowest BCUT2D eigenvalue weighted by Gasteiger charge is -2.48. The van der Waals surface area contributed by atoms with Gasteiger partial charge in [-0.25, -0.2) is 4.79 Å². The first-order chi connectivity index (χ1) is 8.32. The van der Waals surface area contributed by atoms with Crippen LogP contribution in [0.2, 0.25) is 0 Å². The second kappa shape index (κ2) is 5.57. The molecule has 0 aromatic rings. The summed E-state index contributed by atoms with van der Waals surface area (Å²) in [6.07, 6.45) is 0.0966. The first kappa shape index (κ1) is 14.8. The number of nitrogens with zero attached hydrogens (tertiary/aromatic N) is 2. The van der Waals surface area contributed by atoms with E-state index in [0.717, 1.165) is 0 Å².